The Balaban J connectivity index is 1.86. The second kappa shape index (κ2) is 8.99. The van der Waals surface area contributed by atoms with E-state index in [4.69, 9.17) is 9.47 Å². The number of anilines is 1. The van der Waals surface area contributed by atoms with Crippen LogP contribution in [0.2, 0.25) is 0 Å². The number of aryl methyl sites for hydroxylation is 1. The second-order valence-corrected chi connectivity index (χ2v) is 8.53. The molecule has 31 heavy (non-hydrogen) atoms. The maximum Gasteiger partial charge on any atom is 0.410 e. The van der Waals surface area contributed by atoms with Crippen molar-refractivity contribution in [3.05, 3.63) is 40.2 Å². The van der Waals surface area contributed by atoms with Crippen LogP contribution in [0.1, 0.15) is 45.0 Å². The topological polar surface area (TPSA) is 81.1 Å². The molecule has 0 unspecified atom stereocenters. The van der Waals surface area contributed by atoms with Crippen LogP contribution in [-0.4, -0.2) is 59.9 Å². The lowest BCUT2D eigenvalue weighted by atomic mass is 10.1. The number of hydrogen-bond acceptors (Lipinski definition) is 6. The largest absolute Gasteiger partial charge is 0.462 e. The summed E-state index contributed by atoms with van der Waals surface area (Å²) >= 11 is 0. The van der Waals surface area contributed by atoms with Gasteiger partial charge in [-0.15, -0.1) is 0 Å². The molecule has 0 aliphatic carbocycles. The number of piperazine rings is 1. The van der Waals surface area contributed by atoms with E-state index >= 15 is 0 Å². The number of aromatic nitrogens is 1. The lowest BCUT2D eigenvalue weighted by molar-refractivity contribution is 0.0240. The number of nitrogens with zero attached hydrogens (tertiary/aromatic N) is 3. The van der Waals surface area contributed by atoms with Crippen molar-refractivity contribution >= 4 is 28.7 Å². The molecule has 168 valence electrons. The van der Waals surface area contributed by atoms with Crippen molar-refractivity contribution in [2.75, 3.05) is 37.7 Å². The number of pyridine rings is 1. The zero-order valence-corrected chi connectivity index (χ0v) is 18.9. The summed E-state index contributed by atoms with van der Waals surface area (Å²) in [5.41, 5.74) is 0.854. The average Bonchev–Trinajstić information content (AvgIpc) is 2.73. The molecular weight excluding hydrogens is 398 g/mol. The van der Waals surface area contributed by atoms with Crippen LogP contribution in [0.15, 0.2) is 29.2 Å². The van der Waals surface area contributed by atoms with Crippen LogP contribution in [0.25, 0.3) is 10.9 Å². The first-order chi connectivity index (χ1) is 14.6. The Morgan fingerprint density at radius 1 is 1.06 bits per heavy atom. The van der Waals surface area contributed by atoms with E-state index in [-0.39, 0.29) is 23.7 Å². The van der Waals surface area contributed by atoms with Crippen molar-refractivity contribution in [2.24, 2.45) is 0 Å². The van der Waals surface area contributed by atoms with E-state index in [1.807, 2.05) is 50.5 Å². The van der Waals surface area contributed by atoms with Crippen LogP contribution < -0.4 is 10.3 Å². The van der Waals surface area contributed by atoms with Gasteiger partial charge in [0.15, 0.2) is 0 Å². The fourth-order valence-corrected chi connectivity index (χ4v) is 3.67. The maximum atomic E-state index is 13.0. The third-order valence-corrected chi connectivity index (χ3v) is 5.20. The van der Waals surface area contributed by atoms with Gasteiger partial charge in [0.25, 0.3) is 0 Å². The van der Waals surface area contributed by atoms with E-state index in [1.165, 1.54) is 0 Å². The number of benzene rings is 1. The quantitative estimate of drug-likeness (QED) is 0.694. The number of carbonyl (C=O) groups excluding carboxylic acids is 2. The molecule has 1 aliphatic heterocycles. The summed E-state index contributed by atoms with van der Waals surface area (Å²) in [6.07, 6.45) is 1.26. The first-order valence-corrected chi connectivity index (χ1v) is 10.7. The van der Waals surface area contributed by atoms with Crippen LogP contribution >= 0.6 is 0 Å². The molecule has 0 radical (unpaired) electrons. The second-order valence-electron chi connectivity index (χ2n) is 8.53. The van der Waals surface area contributed by atoms with E-state index in [0.29, 0.717) is 38.1 Å². The summed E-state index contributed by atoms with van der Waals surface area (Å²) < 4.78 is 12.4. The summed E-state index contributed by atoms with van der Waals surface area (Å²) in [5.74, 6) is -0.604. The van der Waals surface area contributed by atoms with Gasteiger partial charge in [0.1, 0.15) is 11.2 Å². The number of amides is 1. The van der Waals surface area contributed by atoms with Gasteiger partial charge in [0.2, 0.25) is 5.43 Å². The van der Waals surface area contributed by atoms with Crippen LogP contribution in [0.4, 0.5) is 10.5 Å². The van der Waals surface area contributed by atoms with E-state index < -0.39 is 11.6 Å². The number of fused-ring (bicyclic) bond motifs is 1. The number of ether oxygens (including phenoxy) is 2. The van der Waals surface area contributed by atoms with Gasteiger partial charge in [-0.1, -0.05) is 0 Å². The third kappa shape index (κ3) is 5.00. The number of rotatable bonds is 4. The third-order valence-electron chi connectivity index (χ3n) is 5.20. The molecule has 0 bridgehead atoms. The molecule has 1 aromatic carbocycles. The van der Waals surface area contributed by atoms with Gasteiger partial charge in [0.05, 0.1) is 12.1 Å². The Kier molecular flexibility index (Phi) is 6.57. The molecule has 2 heterocycles. The molecule has 1 aromatic heterocycles. The Bertz CT molecular complexity index is 1030. The first-order valence-electron chi connectivity index (χ1n) is 10.7. The molecule has 2 aromatic rings. The molecule has 1 saturated heterocycles. The predicted molar refractivity (Wildman–Crippen MR) is 120 cm³/mol. The minimum Gasteiger partial charge on any atom is -0.462 e. The molecule has 0 N–H and O–H groups in total. The van der Waals surface area contributed by atoms with Gasteiger partial charge in [-0.25, -0.2) is 9.59 Å². The number of carbonyl (C=O) groups is 2. The van der Waals surface area contributed by atoms with Crippen molar-refractivity contribution in [1.82, 2.24) is 9.47 Å². The van der Waals surface area contributed by atoms with Gasteiger partial charge in [0, 0.05) is 50.0 Å². The highest BCUT2D eigenvalue weighted by Crippen LogP contribution is 2.23. The zero-order chi connectivity index (χ0) is 22.8. The molecule has 1 aliphatic rings. The Labute approximate surface area is 182 Å². The molecule has 8 heteroatoms. The average molecular weight is 430 g/mol. The molecular formula is C23H31N3O5. The smallest absolute Gasteiger partial charge is 0.410 e. The fourth-order valence-electron chi connectivity index (χ4n) is 3.67. The van der Waals surface area contributed by atoms with Gasteiger partial charge < -0.3 is 23.8 Å². The molecule has 1 amide bonds. The molecule has 8 nitrogen and oxygen atoms in total. The van der Waals surface area contributed by atoms with E-state index in [1.54, 1.807) is 18.0 Å². The van der Waals surface area contributed by atoms with Gasteiger partial charge in [-0.2, -0.15) is 0 Å². The summed E-state index contributed by atoms with van der Waals surface area (Å²) in [6, 6.07) is 5.71. The Morgan fingerprint density at radius 2 is 1.74 bits per heavy atom. The first kappa shape index (κ1) is 22.7. The van der Waals surface area contributed by atoms with Gasteiger partial charge >= 0.3 is 12.1 Å². The van der Waals surface area contributed by atoms with Crippen LogP contribution in [-0.2, 0) is 16.0 Å². The highest BCUT2D eigenvalue weighted by Gasteiger charge is 2.26. The van der Waals surface area contributed by atoms with Crippen molar-refractivity contribution in [3.63, 3.8) is 0 Å². The minimum absolute atomic E-state index is 0.0445. The van der Waals surface area contributed by atoms with Crippen molar-refractivity contribution < 1.29 is 19.1 Å². The van der Waals surface area contributed by atoms with E-state index in [9.17, 15) is 14.4 Å². The standard InChI is InChI=1S/C23H31N3O5/c1-6-24-15-18(21(28)30-7-2)20(27)17-14-16(8-9-19(17)24)25-10-12-26(13-11-25)22(29)31-23(3,4)5/h8-9,14-15H,6-7,10-13H2,1-5H3. The molecule has 1 fully saturated rings. The van der Waals surface area contributed by atoms with E-state index in [0.717, 1.165) is 11.2 Å². The van der Waals surface area contributed by atoms with Gasteiger partial charge in [-0.05, 0) is 52.8 Å². The minimum atomic E-state index is -0.604. The van der Waals surface area contributed by atoms with Crippen LogP contribution in [0.3, 0.4) is 0 Å². The highest BCUT2D eigenvalue weighted by molar-refractivity contribution is 5.94. The lowest BCUT2D eigenvalue weighted by Crippen LogP contribution is -2.50. The molecule has 0 spiro atoms. The van der Waals surface area contributed by atoms with Crippen molar-refractivity contribution in [2.45, 2.75) is 46.8 Å². The zero-order valence-electron chi connectivity index (χ0n) is 18.9. The summed E-state index contributed by atoms with van der Waals surface area (Å²) in [6.45, 7) is 12.4. The number of esters is 1. The maximum absolute atomic E-state index is 13.0. The fraction of sp³-hybridized carbons (Fsp3) is 0.522. The molecule has 0 saturated carbocycles. The molecule has 3 rings (SSSR count). The van der Waals surface area contributed by atoms with Gasteiger partial charge in [-0.3, -0.25) is 4.79 Å². The molecule has 0 atom stereocenters. The van der Waals surface area contributed by atoms with E-state index in [2.05, 4.69) is 4.90 Å². The summed E-state index contributed by atoms with van der Waals surface area (Å²) in [7, 11) is 0. The number of hydrogen-bond donors (Lipinski definition) is 0. The normalized spacial score (nSPS) is 14.6. The van der Waals surface area contributed by atoms with Crippen molar-refractivity contribution in [1.29, 1.82) is 0 Å². The Morgan fingerprint density at radius 3 is 2.32 bits per heavy atom. The monoisotopic (exact) mass is 429 g/mol. The van der Waals surface area contributed by atoms with Crippen LogP contribution in [0, 0.1) is 0 Å². The summed E-state index contributed by atoms with van der Waals surface area (Å²) in [4.78, 5) is 41.4. The Hall–Kier alpha value is -3.03. The SMILES string of the molecule is CCOC(=O)c1cn(CC)c2ccc(N3CCN(C(=O)OC(C)(C)C)CC3)cc2c1=O. The predicted octanol–water partition coefficient (Wildman–Crippen LogP) is 3.26. The lowest BCUT2D eigenvalue weighted by Gasteiger charge is -2.36. The van der Waals surface area contributed by atoms with Crippen molar-refractivity contribution in [3.8, 4) is 0 Å². The summed E-state index contributed by atoms with van der Waals surface area (Å²) in [5, 5.41) is 0.486. The highest BCUT2D eigenvalue weighted by atomic mass is 16.6. The van der Waals surface area contributed by atoms with Crippen LogP contribution in [0.5, 0.6) is 0 Å².